The molecule has 6 nitrogen and oxygen atoms in total. The maximum absolute atomic E-state index is 11.9. The predicted molar refractivity (Wildman–Crippen MR) is 72.0 cm³/mol. The fraction of sp³-hybridized carbons (Fsp3) is 0.286. The van der Waals surface area contributed by atoms with E-state index in [0.29, 0.717) is 28.0 Å². The third-order valence-corrected chi connectivity index (χ3v) is 2.73. The van der Waals surface area contributed by atoms with Crippen LogP contribution in [0.3, 0.4) is 0 Å². The van der Waals surface area contributed by atoms with E-state index in [1.165, 1.54) is 7.05 Å². The number of furan rings is 1. The van der Waals surface area contributed by atoms with Crippen LogP contribution >= 0.6 is 0 Å². The Balaban J connectivity index is 2.46. The number of rotatable bonds is 3. The molecule has 106 valence electrons. The van der Waals surface area contributed by atoms with Crippen molar-refractivity contribution in [3.05, 3.63) is 29.5 Å². The lowest BCUT2D eigenvalue weighted by atomic mass is 10.1. The highest BCUT2D eigenvalue weighted by molar-refractivity contribution is 6.05. The molecular weight excluding hydrogens is 262 g/mol. The molecule has 1 heterocycles. The van der Waals surface area contributed by atoms with E-state index in [9.17, 15) is 9.59 Å². The Hall–Kier alpha value is -2.50. The number of fused-ring (bicyclic) bond motifs is 1. The van der Waals surface area contributed by atoms with Crippen LogP contribution in [-0.4, -0.2) is 25.7 Å². The van der Waals surface area contributed by atoms with E-state index in [-0.39, 0.29) is 6.61 Å². The van der Waals surface area contributed by atoms with Crippen LogP contribution in [0.15, 0.2) is 22.6 Å². The van der Waals surface area contributed by atoms with Gasteiger partial charge in [-0.15, -0.1) is 0 Å². The summed E-state index contributed by atoms with van der Waals surface area (Å²) in [4.78, 5) is 23.1. The lowest BCUT2D eigenvalue weighted by Gasteiger charge is -2.03. The Morgan fingerprint density at radius 3 is 2.75 bits per heavy atom. The van der Waals surface area contributed by atoms with E-state index in [0.717, 1.165) is 0 Å². The van der Waals surface area contributed by atoms with Gasteiger partial charge in [-0.2, -0.15) is 0 Å². The van der Waals surface area contributed by atoms with Crippen LogP contribution in [0.4, 0.5) is 4.79 Å². The van der Waals surface area contributed by atoms with Crippen molar-refractivity contribution in [2.75, 3.05) is 13.7 Å². The Labute approximate surface area is 115 Å². The molecule has 1 N–H and O–H groups in total. The molecule has 0 saturated carbocycles. The number of aryl methyl sites for hydroxylation is 1. The molecule has 0 spiro atoms. The first kappa shape index (κ1) is 13.9. The zero-order valence-corrected chi connectivity index (χ0v) is 11.5. The molecule has 1 aromatic heterocycles. The summed E-state index contributed by atoms with van der Waals surface area (Å²) in [5, 5.41) is 2.91. The fourth-order valence-corrected chi connectivity index (χ4v) is 1.88. The third-order valence-electron chi connectivity index (χ3n) is 2.73. The summed E-state index contributed by atoms with van der Waals surface area (Å²) in [7, 11) is 1.47. The number of hydrogen-bond acceptors (Lipinski definition) is 5. The van der Waals surface area contributed by atoms with Crippen molar-refractivity contribution in [1.82, 2.24) is 5.32 Å². The van der Waals surface area contributed by atoms with Crippen LogP contribution in [-0.2, 0) is 4.74 Å². The number of benzene rings is 1. The van der Waals surface area contributed by atoms with E-state index in [4.69, 9.17) is 13.9 Å². The molecule has 0 atom stereocenters. The SMILES string of the molecule is CCOC(=O)c1c(C)oc2ccc(OC(=O)NC)cc12. The van der Waals surface area contributed by atoms with E-state index in [2.05, 4.69) is 5.32 Å². The number of nitrogens with one attached hydrogen (secondary N) is 1. The number of carbonyl (C=O) groups excluding carboxylic acids is 2. The van der Waals surface area contributed by atoms with Crippen molar-refractivity contribution >= 4 is 23.0 Å². The van der Waals surface area contributed by atoms with Gasteiger partial charge in [0.25, 0.3) is 0 Å². The second-order valence-corrected chi connectivity index (χ2v) is 4.05. The monoisotopic (exact) mass is 277 g/mol. The van der Waals surface area contributed by atoms with Crippen LogP contribution in [0.2, 0.25) is 0 Å². The maximum atomic E-state index is 11.9. The van der Waals surface area contributed by atoms with Gasteiger partial charge in [0.15, 0.2) is 0 Å². The van der Waals surface area contributed by atoms with Gasteiger partial charge in [0.2, 0.25) is 0 Å². The van der Waals surface area contributed by atoms with Gasteiger partial charge >= 0.3 is 12.1 Å². The summed E-state index contributed by atoms with van der Waals surface area (Å²) in [6.45, 7) is 3.69. The average Bonchev–Trinajstić information content (AvgIpc) is 2.74. The largest absolute Gasteiger partial charge is 0.462 e. The zero-order chi connectivity index (χ0) is 14.7. The summed E-state index contributed by atoms with van der Waals surface area (Å²) < 4.78 is 15.5. The van der Waals surface area contributed by atoms with Crippen LogP contribution < -0.4 is 10.1 Å². The average molecular weight is 277 g/mol. The lowest BCUT2D eigenvalue weighted by molar-refractivity contribution is 0.0526. The van der Waals surface area contributed by atoms with Gasteiger partial charge in [-0.05, 0) is 32.0 Å². The first-order chi connectivity index (χ1) is 9.56. The van der Waals surface area contributed by atoms with Crippen molar-refractivity contribution in [2.24, 2.45) is 0 Å². The molecule has 0 aliphatic rings. The van der Waals surface area contributed by atoms with Crippen molar-refractivity contribution in [3.63, 3.8) is 0 Å². The Morgan fingerprint density at radius 2 is 2.10 bits per heavy atom. The number of esters is 1. The highest BCUT2D eigenvalue weighted by Crippen LogP contribution is 2.29. The second kappa shape index (κ2) is 5.64. The van der Waals surface area contributed by atoms with E-state index in [1.54, 1.807) is 32.0 Å². The Kier molecular flexibility index (Phi) is 3.93. The molecule has 0 bridgehead atoms. The molecule has 2 rings (SSSR count). The topological polar surface area (TPSA) is 77.8 Å². The number of carbonyl (C=O) groups is 2. The summed E-state index contributed by atoms with van der Waals surface area (Å²) in [6, 6.07) is 4.81. The van der Waals surface area contributed by atoms with Gasteiger partial charge in [0, 0.05) is 12.4 Å². The molecule has 0 aliphatic carbocycles. The number of ether oxygens (including phenoxy) is 2. The van der Waals surface area contributed by atoms with Gasteiger partial charge in [-0.1, -0.05) is 0 Å². The number of amides is 1. The van der Waals surface area contributed by atoms with E-state index in [1.807, 2.05) is 0 Å². The first-order valence-electron chi connectivity index (χ1n) is 6.16. The highest BCUT2D eigenvalue weighted by Gasteiger charge is 2.20. The predicted octanol–water partition coefficient (Wildman–Crippen LogP) is 2.64. The molecular formula is C14H15NO5. The van der Waals surface area contributed by atoms with Gasteiger partial charge in [0.05, 0.1) is 6.61 Å². The van der Waals surface area contributed by atoms with Crippen LogP contribution in [0.25, 0.3) is 11.0 Å². The quantitative estimate of drug-likeness (QED) is 0.872. The summed E-state index contributed by atoms with van der Waals surface area (Å²) >= 11 is 0. The molecule has 0 fully saturated rings. The summed E-state index contributed by atoms with van der Waals surface area (Å²) in [5.74, 6) is 0.333. The fourth-order valence-electron chi connectivity index (χ4n) is 1.88. The van der Waals surface area contributed by atoms with Crippen molar-refractivity contribution in [3.8, 4) is 5.75 Å². The standard InChI is InChI=1S/C14H15NO5/c1-4-18-13(16)12-8(2)19-11-6-5-9(7-10(11)12)20-14(17)15-3/h5-7H,4H2,1-3H3,(H,15,17). The van der Waals surface area contributed by atoms with Crippen LogP contribution in [0.1, 0.15) is 23.0 Å². The molecule has 1 amide bonds. The minimum Gasteiger partial charge on any atom is -0.462 e. The molecule has 0 saturated heterocycles. The molecule has 0 aliphatic heterocycles. The summed E-state index contributed by atoms with van der Waals surface area (Å²) in [6.07, 6.45) is -0.581. The van der Waals surface area contributed by atoms with Gasteiger partial charge < -0.3 is 19.2 Å². The molecule has 6 heteroatoms. The van der Waals surface area contributed by atoms with Crippen molar-refractivity contribution < 1.29 is 23.5 Å². The molecule has 2 aromatic rings. The molecule has 20 heavy (non-hydrogen) atoms. The van der Waals surface area contributed by atoms with Gasteiger partial charge in [-0.25, -0.2) is 9.59 Å². The summed E-state index contributed by atoms with van der Waals surface area (Å²) in [5.41, 5.74) is 0.888. The van der Waals surface area contributed by atoms with E-state index >= 15 is 0 Å². The normalized spacial score (nSPS) is 10.3. The minimum absolute atomic E-state index is 0.277. The third kappa shape index (κ3) is 2.59. The van der Waals surface area contributed by atoms with Gasteiger partial charge in [0.1, 0.15) is 22.7 Å². The first-order valence-corrected chi connectivity index (χ1v) is 6.16. The van der Waals surface area contributed by atoms with Gasteiger partial charge in [-0.3, -0.25) is 0 Å². The van der Waals surface area contributed by atoms with Crippen LogP contribution in [0, 0.1) is 6.92 Å². The smallest absolute Gasteiger partial charge is 0.412 e. The molecule has 0 radical (unpaired) electrons. The number of hydrogen-bond donors (Lipinski definition) is 1. The molecule has 0 unspecified atom stereocenters. The second-order valence-electron chi connectivity index (χ2n) is 4.05. The zero-order valence-electron chi connectivity index (χ0n) is 11.5. The van der Waals surface area contributed by atoms with Crippen molar-refractivity contribution in [1.29, 1.82) is 0 Å². The van der Waals surface area contributed by atoms with E-state index < -0.39 is 12.1 Å². The lowest BCUT2D eigenvalue weighted by Crippen LogP contribution is -2.21. The highest BCUT2D eigenvalue weighted by atomic mass is 16.6. The Morgan fingerprint density at radius 1 is 1.35 bits per heavy atom. The van der Waals surface area contributed by atoms with Crippen LogP contribution in [0.5, 0.6) is 5.75 Å². The molecule has 1 aromatic carbocycles. The van der Waals surface area contributed by atoms with Crippen molar-refractivity contribution in [2.45, 2.75) is 13.8 Å². The minimum atomic E-state index is -0.581. The maximum Gasteiger partial charge on any atom is 0.412 e. The Bertz CT molecular complexity index is 659.